The standard InChI is InChI=1S/C12H17NO4/c1-2-16-12(15)9-4-5-10(13)11(8-9)17-7-3-6-14/h4-5,8,14H,2-3,6-7,13H2,1H3. The highest BCUT2D eigenvalue weighted by atomic mass is 16.5. The Kier molecular flexibility index (Phi) is 5.29. The highest BCUT2D eigenvalue weighted by Crippen LogP contribution is 2.23. The molecule has 0 aromatic heterocycles. The van der Waals surface area contributed by atoms with Crippen LogP contribution in [0.25, 0.3) is 0 Å². The number of rotatable bonds is 6. The average molecular weight is 239 g/mol. The van der Waals surface area contributed by atoms with Crippen LogP contribution in [0.3, 0.4) is 0 Å². The zero-order valence-corrected chi connectivity index (χ0v) is 9.81. The van der Waals surface area contributed by atoms with E-state index >= 15 is 0 Å². The Morgan fingerprint density at radius 3 is 2.88 bits per heavy atom. The van der Waals surface area contributed by atoms with Crippen molar-refractivity contribution in [2.75, 3.05) is 25.6 Å². The van der Waals surface area contributed by atoms with Crippen molar-refractivity contribution in [1.29, 1.82) is 0 Å². The summed E-state index contributed by atoms with van der Waals surface area (Å²) in [6, 6.07) is 4.73. The molecule has 0 amide bonds. The number of anilines is 1. The van der Waals surface area contributed by atoms with Crippen molar-refractivity contribution in [2.45, 2.75) is 13.3 Å². The fraction of sp³-hybridized carbons (Fsp3) is 0.417. The number of hydrogen-bond donors (Lipinski definition) is 2. The van der Waals surface area contributed by atoms with Crippen LogP contribution >= 0.6 is 0 Å². The molecule has 0 aliphatic heterocycles. The molecule has 17 heavy (non-hydrogen) atoms. The monoisotopic (exact) mass is 239 g/mol. The molecule has 3 N–H and O–H groups in total. The van der Waals surface area contributed by atoms with Gasteiger partial charge in [0.2, 0.25) is 0 Å². The predicted molar refractivity (Wildman–Crippen MR) is 64.0 cm³/mol. The summed E-state index contributed by atoms with van der Waals surface area (Å²) in [5, 5.41) is 8.64. The first-order chi connectivity index (χ1) is 8.19. The molecule has 0 saturated carbocycles. The highest BCUT2D eigenvalue weighted by molar-refractivity contribution is 5.90. The second-order valence-electron chi connectivity index (χ2n) is 3.40. The number of aliphatic hydroxyl groups excluding tert-OH is 1. The third-order valence-electron chi connectivity index (χ3n) is 2.08. The zero-order valence-electron chi connectivity index (χ0n) is 9.81. The van der Waals surface area contributed by atoms with E-state index in [1.165, 1.54) is 0 Å². The summed E-state index contributed by atoms with van der Waals surface area (Å²) in [5.74, 6) is 0.0310. The van der Waals surface area contributed by atoms with Crippen molar-refractivity contribution in [2.24, 2.45) is 0 Å². The van der Waals surface area contributed by atoms with Crippen molar-refractivity contribution in [3.63, 3.8) is 0 Å². The topological polar surface area (TPSA) is 81.8 Å². The number of nitrogen functional groups attached to an aromatic ring is 1. The van der Waals surface area contributed by atoms with Gasteiger partial charge in [-0.15, -0.1) is 0 Å². The summed E-state index contributed by atoms with van der Waals surface area (Å²) < 4.78 is 10.2. The number of benzene rings is 1. The van der Waals surface area contributed by atoms with Crippen molar-refractivity contribution in [3.8, 4) is 5.75 Å². The lowest BCUT2D eigenvalue weighted by Crippen LogP contribution is -2.07. The summed E-state index contributed by atoms with van der Waals surface area (Å²) >= 11 is 0. The molecule has 0 fully saturated rings. The number of esters is 1. The van der Waals surface area contributed by atoms with Crippen molar-refractivity contribution in [3.05, 3.63) is 23.8 Å². The quantitative estimate of drug-likeness (QED) is 0.443. The van der Waals surface area contributed by atoms with Gasteiger partial charge >= 0.3 is 5.97 Å². The number of aliphatic hydroxyl groups is 1. The number of nitrogens with two attached hydrogens (primary N) is 1. The van der Waals surface area contributed by atoms with Gasteiger partial charge in [0.1, 0.15) is 5.75 Å². The fourth-order valence-corrected chi connectivity index (χ4v) is 1.25. The van der Waals surface area contributed by atoms with Crippen molar-refractivity contribution >= 4 is 11.7 Å². The molecule has 0 aliphatic carbocycles. The second-order valence-corrected chi connectivity index (χ2v) is 3.40. The first kappa shape index (κ1) is 13.3. The number of carbonyl (C=O) groups is 1. The van der Waals surface area contributed by atoms with Gasteiger partial charge in [-0.2, -0.15) is 0 Å². The van der Waals surface area contributed by atoms with E-state index < -0.39 is 5.97 Å². The van der Waals surface area contributed by atoms with E-state index in [0.29, 0.717) is 36.6 Å². The molecule has 0 saturated heterocycles. The van der Waals surface area contributed by atoms with Gasteiger partial charge in [0.25, 0.3) is 0 Å². The minimum atomic E-state index is -0.403. The Balaban J connectivity index is 2.75. The zero-order chi connectivity index (χ0) is 12.7. The summed E-state index contributed by atoms with van der Waals surface area (Å²) in [6.07, 6.45) is 0.517. The minimum Gasteiger partial charge on any atom is -0.491 e. The Morgan fingerprint density at radius 1 is 1.47 bits per heavy atom. The van der Waals surface area contributed by atoms with Gasteiger partial charge in [0, 0.05) is 13.0 Å². The molecular weight excluding hydrogens is 222 g/mol. The molecule has 0 bridgehead atoms. The smallest absolute Gasteiger partial charge is 0.338 e. The van der Waals surface area contributed by atoms with E-state index in [9.17, 15) is 4.79 Å². The van der Waals surface area contributed by atoms with Gasteiger partial charge in [-0.1, -0.05) is 0 Å². The third-order valence-corrected chi connectivity index (χ3v) is 2.08. The maximum Gasteiger partial charge on any atom is 0.338 e. The van der Waals surface area contributed by atoms with Crippen LogP contribution in [-0.2, 0) is 4.74 Å². The third kappa shape index (κ3) is 3.96. The predicted octanol–water partition coefficient (Wildman–Crippen LogP) is 1.21. The van der Waals surface area contributed by atoms with E-state index in [-0.39, 0.29) is 6.61 Å². The molecule has 1 rings (SSSR count). The normalized spacial score (nSPS) is 10.0. The SMILES string of the molecule is CCOC(=O)c1ccc(N)c(OCCCO)c1. The molecule has 5 nitrogen and oxygen atoms in total. The first-order valence-corrected chi connectivity index (χ1v) is 5.49. The average Bonchev–Trinajstić information content (AvgIpc) is 2.32. The summed E-state index contributed by atoms with van der Waals surface area (Å²) in [5.41, 5.74) is 6.56. The Hall–Kier alpha value is -1.75. The van der Waals surface area contributed by atoms with Gasteiger partial charge in [-0.3, -0.25) is 0 Å². The molecule has 1 aromatic carbocycles. The molecule has 0 heterocycles. The van der Waals surface area contributed by atoms with Crippen LogP contribution in [0.15, 0.2) is 18.2 Å². The maximum absolute atomic E-state index is 11.5. The summed E-state index contributed by atoms with van der Waals surface area (Å²) in [6.45, 7) is 2.47. The van der Waals surface area contributed by atoms with Gasteiger partial charge in [0.15, 0.2) is 0 Å². The lowest BCUT2D eigenvalue weighted by molar-refractivity contribution is 0.0526. The second kappa shape index (κ2) is 6.75. The molecule has 0 spiro atoms. The van der Waals surface area contributed by atoms with E-state index in [1.54, 1.807) is 25.1 Å². The molecule has 0 radical (unpaired) electrons. The molecule has 0 unspecified atom stereocenters. The molecule has 1 aromatic rings. The van der Waals surface area contributed by atoms with Crippen LogP contribution in [0, 0.1) is 0 Å². The van der Waals surface area contributed by atoms with Crippen LogP contribution in [0.4, 0.5) is 5.69 Å². The highest BCUT2D eigenvalue weighted by Gasteiger charge is 2.09. The molecule has 0 aliphatic rings. The Bertz CT molecular complexity index is 379. The number of carbonyl (C=O) groups excluding carboxylic acids is 1. The van der Waals surface area contributed by atoms with Crippen LogP contribution in [0.5, 0.6) is 5.75 Å². The van der Waals surface area contributed by atoms with Gasteiger partial charge < -0.3 is 20.3 Å². The van der Waals surface area contributed by atoms with Crippen LogP contribution in [-0.4, -0.2) is 30.9 Å². The van der Waals surface area contributed by atoms with Gasteiger partial charge in [-0.05, 0) is 25.1 Å². The number of ether oxygens (including phenoxy) is 2. The van der Waals surface area contributed by atoms with E-state index in [0.717, 1.165) is 0 Å². The molecular formula is C12H17NO4. The summed E-state index contributed by atoms with van der Waals surface area (Å²) in [4.78, 5) is 11.5. The Labute approximate surface area is 100 Å². The molecule has 5 heteroatoms. The number of hydrogen-bond acceptors (Lipinski definition) is 5. The van der Waals surface area contributed by atoms with Crippen LogP contribution in [0.1, 0.15) is 23.7 Å². The lowest BCUT2D eigenvalue weighted by atomic mass is 10.2. The molecule has 94 valence electrons. The van der Waals surface area contributed by atoms with E-state index in [2.05, 4.69) is 0 Å². The maximum atomic E-state index is 11.5. The van der Waals surface area contributed by atoms with Crippen molar-refractivity contribution in [1.82, 2.24) is 0 Å². The largest absolute Gasteiger partial charge is 0.491 e. The van der Waals surface area contributed by atoms with Crippen LogP contribution < -0.4 is 10.5 Å². The summed E-state index contributed by atoms with van der Waals surface area (Å²) in [7, 11) is 0. The van der Waals surface area contributed by atoms with Crippen molar-refractivity contribution < 1.29 is 19.4 Å². The van der Waals surface area contributed by atoms with Gasteiger partial charge in [0.05, 0.1) is 24.5 Å². The van der Waals surface area contributed by atoms with E-state index in [1.807, 2.05) is 0 Å². The first-order valence-electron chi connectivity index (χ1n) is 5.49. The van der Waals surface area contributed by atoms with Crippen LogP contribution in [0.2, 0.25) is 0 Å². The van der Waals surface area contributed by atoms with Gasteiger partial charge in [-0.25, -0.2) is 4.79 Å². The Morgan fingerprint density at radius 2 is 2.24 bits per heavy atom. The lowest BCUT2D eigenvalue weighted by Gasteiger charge is -2.09. The molecule has 0 atom stereocenters. The fourth-order valence-electron chi connectivity index (χ4n) is 1.25. The minimum absolute atomic E-state index is 0.0530. The van der Waals surface area contributed by atoms with E-state index in [4.69, 9.17) is 20.3 Å².